The molecular formula is C12H25ClN2O2. The highest BCUT2D eigenvalue weighted by molar-refractivity contribution is 5.85. The summed E-state index contributed by atoms with van der Waals surface area (Å²) in [7, 11) is 0. The highest BCUT2D eigenvalue weighted by atomic mass is 35.5. The van der Waals surface area contributed by atoms with Crippen LogP contribution in [0.4, 0.5) is 0 Å². The molecule has 5 heteroatoms. The predicted octanol–water partition coefficient (Wildman–Crippen LogP) is 1.10. The molecule has 2 aliphatic rings. The highest BCUT2D eigenvalue weighted by Gasteiger charge is 2.27. The van der Waals surface area contributed by atoms with Crippen LogP contribution in [0.15, 0.2) is 0 Å². The molecule has 2 aliphatic heterocycles. The molecule has 0 saturated carbocycles. The Bertz CT molecular complexity index is 211. The summed E-state index contributed by atoms with van der Waals surface area (Å²) in [6.45, 7) is 11.4. The van der Waals surface area contributed by atoms with Crippen LogP contribution >= 0.6 is 12.4 Å². The average Bonchev–Trinajstić information content (AvgIpc) is 2.29. The van der Waals surface area contributed by atoms with Crippen LogP contribution in [0.1, 0.15) is 20.3 Å². The standard InChI is InChI=1S/C12H24N2O2.ClH/c1-12(2)9-13-11(16-10-12)3-4-14-5-7-15-8-6-14;/h11,13H,3-10H2,1-2H3;1H. The first-order valence-electron chi connectivity index (χ1n) is 6.31. The van der Waals surface area contributed by atoms with E-state index in [-0.39, 0.29) is 24.0 Å². The van der Waals surface area contributed by atoms with E-state index in [0.717, 1.165) is 52.4 Å². The maximum Gasteiger partial charge on any atom is 0.109 e. The lowest BCUT2D eigenvalue weighted by molar-refractivity contribution is -0.0666. The van der Waals surface area contributed by atoms with Crippen molar-refractivity contribution in [3.63, 3.8) is 0 Å². The van der Waals surface area contributed by atoms with Gasteiger partial charge in [0.25, 0.3) is 0 Å². The molecule has 0 aromatic rings. The Hall–Kier alpha value is 0.130. The number of morpholine rings is 1. The van der Waals surface area contributed by atoms with Crippen LogP contribution in [0.25, 0.3) is 0 Å². The molecule has 0 amide bonds. The zero-order valence-electron chi connectivity index (χ0n) is 10.9. The van der Waals surface area contributed by atoms with E-state index in [4.69, 9.17) is 9.47 Å². The Morgan fingerprint density at radius 1 is 1.29 bits per heavy atom. The van der Waals surface area contributed by atoms with Gasteiger partial charge in [-0.05, 0) is 6.42 Å². The minimum atomic E-state index is 0. The van der Waals surface area contributed by atoms with Gasteiger partial charge >= 0.3 is 0 Å². The normalized spacial score (nSPS) is 29.6. The molecular weight excluding hydrogens is 240 g/mol. The van der Waals surface area contributed by atoms with Crippen molar-refractivity contribution in [2.24, 2.45) is 5.41 Å². The van der Waals surface area contributed by atoms with Gasteiger partial charge in [-0.25, -0.2) is 0 Å². The molecule has 0 bridgehead atoms. The molecule has 2 heterocycles. The number of rotatable bonds is 3. The van der Waals surface area contributed by atoms with Crippen molar-refractivity contribution in [1.29, 1.82) is 0 Å². The minimum absolute atomic E-state index is 0. The number of hydrogen-bond acceptors (Lipinski definition) is 4. The Kier molecular flexibility index (Phi) is 6.17. The maximum atomic E-state index is 5.82. The molecule has 0 aromatic heterocycles. The van der Waals surface area contributed by atoms with Gasteiger partial charge in [-0.2, -0.15) is 0 Å². The van der Waals surface area contributed by atoms with Crippen LogP contribution in [-0.4, -0.2) is 57.1 Å². The fourth-order valence-electron chi connectivity index (χ4n) is 2.14. The second-order valence-electron chi connectivity index (χ2n) is 5.59. The molecule has 0 radical (unpaired) electrons. The molecule has 1 unspecified atom stereocenters. The van der Waals surface area contributed by atoms with E-state index in [1.165, 1.54) is 0 Å². The van der Waals surface area contributed by atoms with Crippen molar-refractivity contribution in [3.8, 4) is 0 Å². The van der Waals surface area contributed by atoms with Crippen molar-refractivity contribution < 1.29 is 9.47 Å². The van der Waals surface area contributed by atoms with E-state index >= 15 is 0 Å². The molecule has 1 N–H and O–H groups in total. The van der Waals surface area contributed by atoms with E-state index in [1.54, 1.807) is 0 Å². The van der Waals surface area contributed by atoms with E-state index < -0.39 is 0 Å². The first-order chi connectivity index (χ1) is 7.66. The summed E-state index contributed by atoms with van der Waals surface area (Å²) in [4.78, 5) is 2.45. The summed E-state index contributed by atoms with van der Waals surface area (Å²) in [5.74, 6) is 0. The third kappa shape index (κ3) is 5.10. The van der Waals surface area contributed by atoms with Gasteiger partial charge in [0.15, 0.2) is 0 Å². The van der Waals surface area contributed by atoms with Crippen LogP contribution in [0, 0.1) is 5.41 Å². The van der Waals surface area contributed by atoms with Crippen LogP contribution < -0.4 is 5.32 Å². The van der Waals surface area contributed by atoms with Crippen molar-refractivity contribution in [1.82, 2.24) is 10.2 Å². The Labute approximate surface area is 110 Å². The van der Waals surface area contributed by atoms with Gasteiger partial charge in [0, 0.05) is 31.6 Å². The van der Waals surface area contributed by atoms with Crippen LogP contribution in [0.2, 0.25) is 0 Å². The lowest BCUT2D eigenvalue weighted by atomic mass is 9.93. The SMILES string of the molecule is CC1(C)CNC(CCN2CCOCC2)OC1.Cl. The third-order valence-corrected chi connectivity index (χ3v) is 3.29. The largest absolute Gasteiger partial charge is 0.379 e. The molecule has 0 aromatic carbocycles. The summed E-state index contributed by atoms with van der Waals surface area (Å²) in [6, 6.07) is 0. The van der Waals surface area contributed by atoms with Gasteiger partial charge in [-0.1, -0.05) is 13.8 Å². The summed E-state index contributed by atoms with van der Waals surface area (Å²) in [6.07, 6.45) is 1.33. The molecule has 2 fully saturated rings. The molecule has 2 rings (SSSR count). The second kappa shape index (κ2) is 6.90. The second-order valence-corrected chi connectivity index (χ2v) is 5.59. The smallest absolute Gasteiger partial charge is 0.109 e. The summed E-state index contributed by atoms with van der Waals surface area (Å²) >= 11 is 0. The summed E-state index contributed by atoms with van der Waals surface area (Å²) in [5.41, 5.74) is 0.287. The molecule has 0 spiro atoms. The predicted molar refractivity (Wildman–Crippen MR) is 70.6 cm³/mol. The topological polar surface area (TPSA) is 33.7 Å². The maximum absolute atomic E-state index is 5.82. The Balaban J connectivity index is 0.00000144. The van der Waals surface area contributed by atoms with Crippen molar-refractivity contribution in [3.05, 3.63) is 0 Å². The van der Waals surface area contributed by atoms with Crippen molar-refractivity contribution in [2.45, 2.75) is 26.5 Å². The molecule has 2 saturated heterocycles. The zero-order valence-corrected chi connectivity index (χ0v) is 11.7. The number of nitrogens with zero attached hydrogens (tertiary/aromatic N) is 1. The third-order valence-electron chi connectivity index (χ3n) is 3.29. The molecule has 17 heavy (non-hydrogen) atoms. The molecule has 0 aliphatic carbocycles. The average molecular weight is 265 g/mol. The highest BCUT2D eigenvalue weighted by Crippen LogP contribution is 2.20. The van der Waals surface area contributed by atoms with Gasteiger partial charge in [0.05, 0.1) is 19.8 Å². The first kappa shape index (κ1) is 15.2. The fourth-order valence-corrected chi connectivity index (χ4v) is 2.14. The molecule has 4 nitrogen and oxygen atoms in total. The van der Waals surface area contributed by atoms with Gasteiger partial charge in [-0.3, -0.25) is 10.2 Å². The van der Waals surface area contributed by atoms with Crippen LogP contribution in [-0.2, 0) is 9.47 Å². The number of ether oxygens (including phenoxy) is 2. The summed E-state index contributed by atoms with van der Waals surface area (Å²) < 4.78 is 11.1. The quantitative estimate of drug-likeness (QED) is 0.828. The number of hydrogen-bond donors (Lipinski definition) is 1. The Morgan fingerprint density at radius 2 is 2.00 bits per heavy atom. The summed E-state index contributed by atoms with van der Waals surface area (Å²) in [5, 5.41) is 3.47. The lowest BCUT2D eigenvalue weighted by Gasteiger charge is -2.36. The minimum Gasteiger partial charge on any atom is -0.379 e. The van der Waals surface area contributed by atoms with Crippen molar-refractivity contribution in [2.75, 3.05) is 46.0 Å². The molecule has 1 atom stereocenters. The van der Waals surface area contributed by atoms with Crippen LogP contribution in [0.5, 0.6) is 0 Å². The number of nitrogens with one attached hydrogen (secondary N) is 1. The van der Waals surface area contributed by atoms with E-state index in [9.17, 15) is 0 Å². The van der Waals surface area contributed by atoms with E-state index in [0.29, 0.717) is 0 Å². The lowest BCUT2D eigenvalue weighted by Crippen LogP contribution is -2.49. The zero-order chi connectivity index (χ0) is 11.4. The van der Waals surface area contributed by atoms with Crippen molar-refractivity contribution >= 4 is 12.4 Å². The first-order valence-corrected chi connectivity index (χ1v) is 6.31. The monoisotopic (exact) mass is 264 g/mol. The number of halogens is 1. The van der Waals surface area contributed by atoms with Gasteiger partial charge in [-0.15, -0.1) is 12.4 Å². The van der Waals surface area contributed by atoms with E-state index in [2.05, 4.69) is 24.1 Å². The van der Waals surface area contributed by atoms with Gasteiger partial charge < -0.3 is 9.47 Å². The van der Waals surface area contributed by atoms with Crippen LogP contribution in [0.3, 0.4) is 0 Å². The molecule has 102 valence electrons. The van der Waals surface area contributed by atoms with E-state index in [1.807, 2.05) is 0 Å². The Morgan fingerprint density at radius 3 is 2.59 bits per heavy atom. The van der Waals surface area contributed by atoms with Gasteiger partial charge in [0.2, 0.25) is 0 Å². The van der Waals surface area contributed by atoms with Gasteiger partial charge in [0.1, 0.15) is 6.23 Å². The fraction of sp³-hybridized carbons (Fsp3) is 1.00.